The molecule has 0 radical (unpaired) electrons. The van der Waals surface area contributed by atoms with Crippen LogP contribution in [0, 0.1) is 0 Å². The topological polar surface area (TPSA) is 67.2 Å². The molecule has 1 rings (SSSR count). The summed E-state index contributed by atoms with van der Waals surface area (Å²) in [6.45, 7) is 0.287. The van der Waals surface area contributed by atoms with Gasteiger partial charge in [0.2, 0.25) is 0 Å². The lowest BCUT2D eigenvalue weighted by Crippen LogP contribution is -1.93. The molecule has 0 saturated carbocycles. The van der Waals surface area contributed by atoms with Crippen LogP contribution in [0.1, 0.15) is 5.56 Å². The van der Waals surface area contributed by atoms with E-state index in [2.05, 4.69) is 26.0 Å². The highest BCUT2D eigenvalue weighted by molar-refractivity contribution is 9.10. The molecule has 0 aliphatic rings. The fourth-order valence-corrected chi connectivity index (χ4v) is 1.83. The number of ether oxygens (including phenoxy) is 2. The zero-order valence-electron chi connectivity index (χ0n) is 8.40. The number of hydrogen-bond acceptors (Lipinski definition) is 3. The lowest BCUT2D eigenvalue weighted by molar-refractivity contribution is 0.352. The van der Waals surface area contributed by atoms with E-state index in [0.717, 1.165) is 10.0 Å². The second kappa shape index (κ2) is 5.48. The van der Waals surface area contributed by atoms with Gasteiger partial charge in [0.15, 0.2) is 11.5 Å². The van der Waals surface area contributed by atoms with Crippen LogP contribution < -0.4 is 9.47 Å². The standard InChI is InChI=1S/C9H10BrN3O2/c1-14-8-4-6(5-12-13-11)3-7(10)9(8)15-2/h3-4H,5H2,1-2H3. The second-order valence-electron chi connectivity index (χ2n) is 2.70. The van der Waals surface area contributed by atoms with Crippen molar-refractivity contribution < 1.29 is 9.47 Å². The molecule has 0 atom stereocenters. The van der Waals surface area contributed by atoms with E-state index in [0.29, 0.717) is 11.5 Å². The normalized spacial score (nSPS) is 9.27. The predicted molar refractivity (Wildman–Crippen MR) is 60.1 cm³/mol. The molecule has 0 saturated heterocycles. The average molecular weight is 272 g/mol. The van der Waals surface area contributed by atoms with Crippen molar-refractivity contribution in [2.45, 2.75) is 6.54 Å². The van der Waals surface area contributed by atoms with Crippen molar-refractivity contribution >= 4 is 15.9 Å². The smallest absolute Gasteiger partial charge is 0.174 e. The van der Waals surface area contributed by atoms with Crippen LogP contribution in [0.2, 0.25) is 0 Å². The Bertz CT molecular complexity index is 403. The maximum absolute atomic E-state index is 8.21. The molecule has 0 amide bonds. The first-order valence-electron chi connectivity index (χ1n) is 4.14. The summed E-state index contributed by atoms with van der Waals surface area (Å²) < 4.78 is 11.1. The molecule has 0 N–H and O–H groups in total. The molecule has 0 fully saturated rings. The van der Waals surface area contributed by atoms with Crippen LogP contribution in [0.25, 0.3) is 10.4 Å². The number of benzene rings is 1. The third-order valence-corrected chi connectivity index (χ3v) is 2.40. The summed E-state index contributed by atoms with van der Waals surface area (Å²) in [6, 6.07) is 3.61. The molecule has 0 bridgehead atoms. The maximum atomic E-state index is 8.21. The van der Waals surface area contributed by atoms with Gasteiger partial charge >= 0.3 is 0 Å². The lowest BCUT2D eigenvalue weighted by Gasteiger charge is -2.10. The van der Waals surface area contributed by atoms with Gasteiger partial charge < -0.3 is 9.47 Å². The minimum Gasteiger partial charge on any atom is -0.493 e. The van der Waals surface area contributed by atoms with E-state index in [-0.39, 0.29) is 6.54 Å². The van der Waals surface area contributed by atoms with Gasteiger partial charge in [-0.2, -0.15) is 0 Å². The highest BCUT2D eigenvalue weighted by Crippen LogP contribution is 2.36. The van der Waals surface area contributed by atoms with E-state index in [9.17, 15) is 0 Å². The average Bonchev–Trinajstić information content (AvgIpc) is 2.25. The van der Waals surface area contributed by atoms with Crippen LogP contribution in [0.5, 0.6) is 11.5 Å². The van der Waals surface area contributed by atoms with Gasteiger partial charge in [0, 0.05) is 4.91 Å². The second-order valence-corrected chi connectivity index (χ2v) is 3.56. The molecule has 80 valence electrons. The molecule has 0 spiro atoms. The quantitative estimate of drug-likeness (QED) is 0.479. The molecule has 15 heavy (non-hydrogen) atoms. The minimum atomic E-state index is 0.287. The zero-order chi connectivity index (χ0) is 11.3. The first kappa shape index (κ1) is 11.7. The molecular weight excluding hydrogens is 262 g/mol. The van der Waals surface area contributed by atoms with Crippen LogP contribution in [0.3, 0.4) is 0 Å². The number of hydrogen-bond donors (Lipinski definition) is 0. The largest absolute Gasteiger partial charge is 0.493 e. The van der Waals surface area contributed by atoms with E-state index in [4.69, 9.17) is 15.0 Å². The Labute approximate surface area is 95.8 Å². The number of methoxy groups -OCH3 is 2. The van der Waals surface area contributed by atoms with Crippen LogP contribution in [-0.4, -0.2) is 14.2 Å². The van der Waals surface area contributed by atoms with E-state index < -0.39 is 0 Å². The van der Waals surface area contributed by atoms with Crippen molar-refractivity contribution in [2.75, 3.05) is 14.2 Å². The van der Waals surface area contributed by atoms with Crippen molar-refractivity contribution in [3.05, 3.63) is 32.6 Å². The van der Waals surface area contributed by atoms with Crippen molar-refractivity contribution in [2.24, 2.45) is 5.11 Å². The Morgan fingerprint density at radius 3 is 2.67 bits per heavy atom. The summed E-state index contributed by atoms with van der Waals surface area (Å²) >= 11 is 3.35. The number of azide groups is 1. The summed E-state index contributed by atoms with van der Waals surface area (Å²) in [5.41, 5.74) is 9.07. The summed E-state index contributed by atoms with van der Waals surface area (Å²) in [5, 5.41) is 3.48. The highest BCUT2D eigenvalue weighted by atomic mass is 79.9. The van der Waals surface area contributed by atoms with Crippen LogP contribution in [0.15, 0.2) is 21.7 Å². The molecule has 0 aliphatic carbocycles. The Balaban J connectivity index is 3.12. The van der Waals surface area contributed by atoms with Gasteiger partial charge in [-0.25, -0.2) is 0 Å². The van der Waals surface area contributed by atoms with E-state index in [1.54, 1.807) is 20.3 Å². The van der Waals surface area contributed by atoms with E-state index in [1.165, 1.54) is 0 Å². The zero-order valence-corrected chi connectivity index (χ0v) is 9.98. The van der Waals surface area contributed by atoms with E-state index in [1.807, 2.05) is 6.07 Å². The van der Waals surface area contributed by atoms with Gasteiger partial charge in [0.05, 0.1) is 25.2 Å². The maximum Gasteiger partial charge on any atom is 0.174 e. The Morgan fingerprint density at radius 1 is 1.40 bits per heavy atom. The summed E-state index contributed by atoms with van der Waals surface area (Å²) in [6.07, 6.45) is 0. The Kier molecular flexibility index (Phi) is 4.27. The van der Waals surface area contributed by atoms with Gasteiger partial charge in [-0.1, -0.05) is 5.11 Å². The molecule has 5 nitrogen and oxygen atoms in total. The fraction of sp³-hybridized carbons (Fsp3) is 0.333. The van der Waals surface area contributed by atoms with Gasteiger partial charge in [-0.05, 0) is 39.2 Å². The number of nitrogens with zero attached hydrogens (tertiary/aromatic N) is 3. The highest BCUT2D eigenvalue weighted by Gasteiger charge is 2.09. The third kappa shape index (κ3) is 2.78. The molecule has 0 aliphatic heterocycles. The first-order chi connectivity index (χ1) is 7.22. The number of halogens is 1. The SMILES string of the molecule is COc1cc(CN=[N+]=[N-])cc(Br)c1OC. The van der Waals surface area contributed by atoms with E-state index >= 15 is 0 Å². The fourth-order valence-electron chi connectivity index (χ4n) is 1.18. The third-order valence-electron chi connectivity index (χ3n) is 1.81. The van der Waals surface area contributed by atoms with Crippen molar-refractivity contribution in [1.29, 1.82) is 0 Å². The Morgan fingerprint density at radius 2 is 2.13 bits per heavy atom. The van der Waals surface area contributed by atoms with Crippen LogP contribution in [0.4, 0.5) is 0 Å². The van der Waals surface area contributed by atoms with Gasteiger partial charge in [0.25, 0.3) is 0 Å². The molecule has 1 aromatic carbocycles. The van der Waals surface area contributed by atoms with Gasteiger partial charge in [-0.15, -0.1) is 0 Å². The van der Waals surface area contributed by atoms with Crippen molar-refractivity contribution in [1.82, 2.24) is 0 Å². The lowest BCUT2D eigenvalue weighted by atomic mass is 10.2. The molecule has 0 aromatic heterocycles. The monoisotopic (exact) mass is 271 g/mol. The first-order valence-corrected chi connectivity index (χ1v) is 4.93. The predicted octanol–water partition coefficient (Wildman–Crippen LogP) is 3.28. The van der Waals surface area contributed by atoms with Gasteiger partial charge in [-0.3, -0.25) is 0 Å². The molecule has 1 aromatic rings. The number of rotatable bonds is 4. The molecule has 6 heteroatoms. The van der Waals surface area contributed by atoms with Crippen LogP contribution >= 0.6 is 15.9 Å². The Hall–Kier alpha value is -1.39. The van der Waals surface area contributed by atoms with Crippen LogP contribution in [-0.2, 0) is 6.54 Å². The molecule has 0 heterocycles. The summed E-state index contributed by atoms with van der Waals surface area (Å²) in [4.78, 5) is 2.70. The minimum absolute atomic E-state index is 0.287. The molecule has 0 unspecified atom stereocenters. The summed E-state index contributed by atoms with van der Waals surface area (Å²) in [5.74, 6) is 1.23. The molecular formula is C9H10BrN3O2. The summed E-state index contributed by atoms with van der Waals surface area (Å²) in [7, 11) is 3.12. The van der Waals surface area contributed by atoms with Gasteiger partial charge in [0.1, 0.15) is 0 Å². The van der Waals surface area contributed by atoms with Crippen molar-refractivity contribution in [3.63, 3.8) is 0 Å². The van der Waals surface area contributed by atoms with Crippen molar-refractivity contribution in [3.8, 4) is 11.5 Å².